The van der Waals surface area contributed by atoms with Gasteiger partial charge in [-0.25, -0.2) is 8.42 Å². The third-order valence-electron chi connectivity index (χ3n) is 9.79. The van der Waals surface area contributed by atoms with Gasteiger partial charge in [0, 0.05) is 5.56 Å². The molecule has 0 heterocycles. The fourth-order valence-electron chi connectivity index (χ4n) is 7.80. The molecule has 0 aliphatic heterocycles. The van der Waals surface area contributed by atoms with Crippen molar-refractivity contribution >= 4 is 31.0 Å². The molecule has 8 heteroatoms. The van der Waals surface area contributed by atoms with E-state index in [0.717, 1.165) is 105 Å². The van der Waals surface area contributed by atoms with Crippen LogP contribution in [-0.4, -0.2) is 21.4 Å². The first-order valence-corrected chi connectivity index (χ1v) is 18.7. The van der Waals surface area contributed by atoms with Gasteiger partial charge in [0.25, 0.3) is 0 Å². The molecule has 0 radical (unpaired) electrons. The van der Waals surface area contributed by atoms with Crippen molar-refractivity contribution in [1.29, 1.82) is 0 Å². The second kappa shape index (κ2) is 12.3. The second-order valence-electron chi connectivity index (χ2n) is 12.5. The van der Waals surface area contributed by atoms with Gasteiger partial charge in [0.2, 0.25) is 0 Å². The van der Waals surface area contributed by atoms with E-state index >= 15 is 0 Å². The van der Waals surface area contributed by atoms with Crippen LogP contribution in [0.2, 0.25) is 0 Å². The van der Waals surface area contributed by atoms with Gasteiger partial charge in [-0.3, -0.25) is 0 Å². The molecule has 3 aliphatic carbocycles. The van der Waals surface area contributed by atoms with E-state index in [1.165, 1.54) is 18.6 Å². The molecule has 0 N–H and O–H groups in total. The molecule has 0 spiro atoms. The molecule has 2 fully saturated rings. The van der Waals surface area contributed by atoms with Gasteiger partial charge in [-0.15, -0.1) is 0 Å². The maximum atomic E-state index is 14.7. The maximum Gasteiger partial charge on any atom is 0.339 e. The zero-order valence-corrected chi connectivity index (χ0v) is 25.9. The molecule has 2 saturated carbocycles. The van der Waals surface area contributed by atoms with E-state index in [1.54, 1.807) is 0 Å². The molecule has 0 saturated heterocycles. The van der Waals surface area contributed by atoms with E-state index in [1.807, 2.05) is 18.2 Å². The van der Waals surface area contributed by atoms with E-state index in [9.17, 15) is 21.4 Å². The van der Waals surface area contributed by atoms with Crippen molar-refractivity contribution in [3.63, 3.8) is 0 Å². The predicted octanol–water partition coefficient (Wildman–Crippen LogP) is 8.27. The summed E-state index contributed by atoms with van der Waals surface area (Å²) in [6.45, 7) is 0. The van der Waals surface area contributed by atoms with E-state index in [4.69, 9.17) is 4.18 Å². The van der Waals surface area contributed by atoms with Crippen LogP contribution in [0.1, 0.15) is 124 Å². The van der Waals surface area contributed by atoms with Crippen molar-refractivity contribution in [3.8, 4) is 5.75 Å². The largest absolute Gasteiger partial charge is 0.744 e. The summed E-state index contributed by atoms with van der Waals surface area (Å²) in [5.74, 6) is 0.443. The molecule has 0 bridgehead atoms. The lowest BCUT2D eigenvalue weighted by Gasteiger charge is -2.31. The average Bonchev–Trinajstić information content (AvgIpc) is 2.97. The van der Waals surface area contributed by atoms with Crippen LogP contribution < -0.4 is 4.18 Å². The summed E-state index contributed by atoms with van der Waals surface area (Å²) in [6, 6.07) is 12.9. The molecule has 42 heavy (non-hydrogen) atoms. The Hall–Kier alpha value is -2.42. The van der Waals surface area contributed by atoms with Crippen LogP contribution in [0.5, 0.6) is 5.75 Å². The van der Waals surface area contributed by atoms with E-state index < -0.39 is 20.2 Å². The quantitative estimate of drug-likeness (QED) is 0.206. The molecule has 3 aliphatic rings. The highest BCUT2D eigenvalue weighted by molar-refractivity contribution is 7.87. The molecule has 3 aromatic carbocycles. The van der Waals surface area contributed by atoms with E-state index in [-0.39, 0.29) is 22.5 Å². The summed E-state index contributed by atoms with van der Waals surface area (Å²) < 4.78 is 72.0. The number of hydrogen-bond acceptors (Lipinski definition) is 6. The molecular formula is C34H41O6S2-. The SMILES string of the molecule is O=S(=O)([O-])c1ccc(OS(=O)(=O)c2c(C3CCCCC3)cc3ccccc3c2C2CCCCC2)c2c1CCCCCC2. The number of rotatable bonds is 6. The highest BCUT2D eigenvalue weighted by Gasteiger charge is 2.35. The molecule has 226 valence electrons. The van der Waals surface area contributed by atoms with Crippen LogP contribution in [0, 0.1) is 0 Å². The predicted molar refractivity (Wildman–Crippen MR) is 164 cm³/mol. The van der Waals surface area contributed by atoms with Gasteiger partial charge >= 0.3 is 10.1 Å². The van der Waals surface area contributed by atoms with E-state index in [2.05, 4.69) is 12.1 Å². The minimum atomic E-state index is -4.71. The summed E-state index contributed by atoms with van der Waals surface area (Å²) in [5, 5.41) is 2.06. The van der Waals surface area contributed by atoms with Crippen LogP contribution in [-0.2, 0) is 33.1 Å². The van der Waals surface area contributed by atoms with Crippen molar-refractivity contribution in [3.05, 3.63) is 64.7 Å². The van der Waals surface area contributed by atoms with Gasteiger partial charge in [0.05, 0.1) is 4.90 Å². The Morgan fingerprint density at radius 1 is 0.667 bits per heavy atom. The minimum Gasteiger partial charge on any atom is -0.744 e. The zero-order chi connectivity index (χ0) is 29.3. The number of benzene rings is 3. The van der Waals surface area contributed by atoms with Crippen molar-refractivity contribution in [2.45, 2.75) is 124 Å². The number of fused-ring (bicyclic) bond motifs is 2. The summed E-state index contributed by atoms with van der Waals surface area (Å²) in [7, 11) is -9.00. The van der Waals surface area contributed by atoms with Crippen molar-refractivity contribution in [1.82, 2.24) is 0 Å². The lowest BCUT2D eigenvalue weighted by atomic mass is 9.78. The van der Waals surface area contributed by atoms with Crippen LogP contribution in [0.4, 0.5) is 0 Å². The molecule has 0 unspecified atom stereocenters. The Kier molecular flexibility index (Phi) is 8.67. The van der Waals surface area contributed by atoms with Gasteiger partial charge in [-0.05, 0) is 109 Å². The first-order chi connectivity index (χ1) is 20.2. The van der Waals surface area contributed by atoms with Crippen LogP contribution in [0.25, 0.3) is 10.8 Å². The fourth-order valence-corrected chi connectivity index (χ4v) is 10.1. The topological polar surface area (TPSA) is 101 Å². The van der Waals surface area contributed by atoms with Crippen LogP contribution in [0.3, 0.4) is 0 Å². The Labute approximate surface area is 250 Å². The van der Waals surface area contributed by atoms with Gasteiger partial charge < -0.3 is 8.74 Å². The molecule has 6 nitrogen and oxygen atoms in total. The van der Waals surface area contributed by atoms with Gasteiger partial charge in [0.1, 0.15) is 20.8 Å². The lowest BCUT2D eigenvalue weighted by molar-refractivity contribution is 0.421. The maximum absolute atomic E-state index is 14.7. The molecule has 6 rings (SSSR count). The van der Waals surface area contributed by atoms with Crippen LogP contribution in [0.15, 0.2) is 52.3 Å². The summed E-state index contributed by atoms with van der Waals surface area (Å²) >= 11 is 0. The first kappa shape index (κ1) is 29.6. The fraction of sp³-hybridized carbons (Fsp3) is 0.529. The Morgan fingerprint density at radius 2 is 1.26 bits per heavy atom. The standard InChI is InChI=1S/C34H42O6S2/c35-41(36,37)32-22-21-31(28-19-9-1-2-10-20-29(28)32)40-42(38,39)34-30(24-13-5-3-6-14-24)23-26-17-11-12-18-27(26)33(34)25-15-7-4-8-16-25/h11-12,17-18,21-25H,1-10,13-16,19-20H2,(H,35,36,37)/p-1. The molecule has 0 amide bonds. The highest BCUT2D eigenvalue weighted by atomic mass is 32.2. The molecular weight excluding hydrogens is 569 g/mol. The van der Waals surface area contributed by atoms with E-state index in [0.29, 0.717) is 28.9 Å². The van der Waals surface area contributed by atoms with Crippen molar-refractivity contribution < 1.29 is 25.6 Å². The van der Waals surface area contributed by atoms with Gasteiger partial charge in [-0.2, -0.15) is 8.42 Å². The van der Waals surface area contributed by atoms with Gasteiger partial charge in [-0.1, -0.05) is 75.6 Å². The molecule has 3 aromatic rings. The lowest BCUT2D eigenvalue weighted by Crippen LogP contribution is -2.21. The van der Waals surface area contributed by atoms with Crippen molar-refractivity contribution in [2.75, 3.05) is 0 Å². The van der Waals surface area contributed by atoms with Crippen LogP contribution >= 0.6 is 0 Å². The molecule has 0 atom stereocenters. The summed E-state index contributed by atoms with van der Waals surface area (Å²) in [6.07, 6.45) is 14.8. The summed E-state index contributed by atoms with van der Waals surface area (Å²) in [4.78, 5) is 0.0840. The second-order valence-corrected chi connectivity index (χ2v) is 15.4. The third kappa shape index (κ3) is 6.00. The number of hydrogen-bond donors (Lipinski definition) is 0. The third-order valence-corrected chi connectivity index (χ3v) is 12.1. The van der Waals surface area contributed by atoms with Crippen molar-refractivity contribution in [2.24, 2.45) is 0 Å². The first-order valence-electron chi connectivity index (χ1n) is 15.8. The normalized spacial score (nSPS) is 19.6. The zero-order valence-electron chi connectivity index (χ0n) is 24.3. The Balaban J connectivity index is 1.55. The Bertz CT molecular complexity index is 1660. The average molecular weight is 610 g/mol. The molecule has 0 aromatic heterocycles. The minimum absolute atomic E-state index is 0.133. The highest BCUT2D eigenvalue weighted by Crippen LogP contribution is 2.47. The Morgan fingerprint density at radius 3 is 1.93 bits per heavy atom. The smallest absolute Gasteiger partial charge is 0.339 e. The summed E-state index contributed by atoms with van der Waals surface area (Å²) in [5.41, 5.74) is 2.75. The van der Waals surface area contributed by atoms with Gasteiger partial charge in [0.15, 0.2) is 0 Å². The monoisotopic (exact) mass is 609 g/mol.